The van der Waals surface area contributed by atoms with Crippen molar-refractivity contribution < 1.29 is 9.59 Å². The lowest BCUT2D eigenvalue weighted by atomic mass is 9.90. The van der Waals surface area contributed by atoms with Gasteiger partial charge in [-0.1, -0.05) is 48.5 Å². The minimum Gasteiger partial charge on any atom is -0.362 e. The van der Waals surface area contributed by atoms with Crippen molar-refractivity contribution >= 4 is 34.4 Å². The van der Waals surface area contributed by atoms with Gasteiger partial charge in [-0.05, 0) is 55.0 Å². The first-order valence-corrected chi connectivity index (χ1v) is 12.8. The maximum Gasteiger partial charge on any atom is 0.252 e. The fourth-order valence-electron chi connectivity index (χ4n) is 5.55. The van der Waals surface area contributed by atoms with Gasteiger partial charge in [0.25, 0.3) is 5.91 Å². The summed E-state index contributed by atoms with van der Waals surface area (Å²) in [6, 6.07) is 21.4. The van der Waals surface area contributed by atoms with Crippen molar-refractivity contribution in [2.24, 2.45) is 0 Å². The number of anilines is 2. The topological polar surface area (TPSA) is 87.2 Å². The molecule has 1 amide bonds. The zero-order chi connectivity index (χ0) is 25.5. The van der Waals surface area contributed by atoms with Crippen LogP contribution in [0, 0.1) is 0 Å². The summed E-state index contributed by atoms with van der Waals surface area (Å²) >= 11 is 0. The first kappa shape index (κ1) is 23.2. The second-order valence-electron chi connectivity index (χ2n) is 10.1. The van der Waals surface area contributed by atoms with Crippen LogP contribution in [0.3, 0.4) is 0 Å². The van der Waals surface area contributed by atoms with E-state index in [0.29, 0.717) is 22.6 Å². The molecule has 0 aliphatic heterocycles. The van der Waals surface area contributed by atoms with Crippen molar-refractivity contribution in [3.05, 3.63) is 83.4 Å². The van der Waals surface area contributed by atoms with E-state index in [4.69, 9.17) is 9.97 Å². The lowest BCUT2D eigenvalue weighted by Gasteiger charge is -2.30. The minimum atomic E-state index is -0.178. The SMILES string of the molecule is CN(C)c1nc(NC2CCC(NC(=O)c3cccc4c3C(=O)c3ccccc3-4)CC2)nc2ccccc12. The van der Waals surface area contributed by atoms with Gasteiger partial charge in [-0.25, -0.2) is 4.98 Å². The van der Waals surface area contributed by atoms with Crippen LogP contribution in [0.1, 0.15) is 52.0 Å². The van der Waals surface area contributed by atoms with Gasteiger partial charge in [0.05, 0.1) is 11.1 Å². The molecule has 0 bridgehead atoms. The number of carbonyl (C=O) groups excluding carboxylic acids is 2. The number of nitrogens with zero attached hydrogens (tertiary/aromatic N) is 3. The second kappa shape index (κ2) is 9.32. The molecule has 186 valence electrons. The quantitative estimate of drug-likeness (QED) is 0.357. The van der Waals surface area contributed by atoms with Crippen molar-refractivity contribution in [3.63, 3.8) is 0 Å². The lowest BCUT2D eigenvalue weighted by Crippen LogP contribution is -2.40. The normalized spacial score (nSPS) is 18.3. The summed E-state index contributed by atoms with van der Waals surface area (Å²) in [6.45, 7) is 0. The van der Waals surface area contributed by atoms with Gasteiger partial charge in [0.2, 0.25) is 5.95 Å². The van der Waals surface area contributed by atoms with Crippen molar-refractivity contribution in [1.29, 1.82) is 0 Å². The molecule has 7 heteroatoms. The van der Waals surface area contributed by atoms with E-state index in [1.807, 2.05) is 79.7 Å². The number of hydrogen-bond donors (Lipinski definition) is 2. The number of para-hydroxylation sites is 1. The molecule has 0 unspecified atom stereocenters. The third-order valence-electron chi connectivity index (χ3n) is 7.40. The fraction of sp³-hybridized carbons (Fsp3) is 0.267. The molecule has 2 aliphatic rings. The number of aromatic nitrogens is 2. The third kappa shape index (κ3) is 4.20. The molecule has 1 saturated carbocycles. The zero-order valence-electron chi connectivity index (χ0n) is 21.0. The summed E-state index contributed by atoms with van der Waals surface area (Å²) in [5.41, 5.74) is 4.29. The van der Waals surface area contributed by atoms with Crippen molar-refractivity contribution in [3.8, 4) is 11.1 Å². The van der Waals surface area contributed by atoms with Crippen LogP contribution in [-0.4, -0.2) is 47.8 Å². The van der Waals surface area contributed by atoms with E-state index >= 15 is 0 Å². The molecule has 0 radical (unpaired) electrons. The smallest absolute Gasteiger partial charge is 0.252 e. The molecule has 1 aromatic heterocycles. The average Bonchev–Trinajstić information content (AvgIpc) is 3.21. The number of benzene rings is 3. The number of ketones is 1. The van der Waals surface area contributed by atoms with Gasteiger partial charge in [0, 0.05) is 42.7 Å². The molecule has 6 rings (SSSR count). The van der Waals surface area contributed by atoms with E-state index in [-0.39, 0.29) is 23.8 Å². The number of fused-ring (bicyclic) bond motifs is 4. The van der Waals surface area contributed by atoms with Gasteiger partial charge in [-0.15, -0.1) is 0 Å². The molecule has 7 nitrogen and oxygen atoms in total. The molecule has 1 fully saturated rings. The van der Waals surface area contributed by atoms with Crippen LogP contribution >= 0.6 is 0 Å². The monoisotopic (exact) mass is 491 g/mol. The second-order valence-corrected chi connectivity index (χ2v) is 10.1. The number of hydrogen-bond acceptors (Lipinski definition) is 6. The Morgan fingerprint density at radius 1 is 0.811 bits per heavy atom. The van der Waals surface area contributed by atoms with Gasteiger partial charge < -0.3 is 15.5 Å². The maximum atomic E-state index is 13.3. The van der Waals surface area contributed by atoms with Gasteiger partial charge in [0.1, 0.15) is 5.82 Å². The lowest BCUT2D eigenvalue weighted by molar-refractivity contribution is 0.0918. The van der Waals surface area contributed by atoms with Crippen LogP contribution in [-0.2, 0) is 0 Å². The Labute approximate surface area is 215 Å². The summed E-state index contributed by atoms with van der Waals surface area (Å²) in [6.07, 6.45) is 3.49. The fourth-order valence-corrected chi connectivity index (χ4v) is 5.55. The summed E-state index contributed by atoms with van der Waals surface area (Å²) in [5.74, 6) is 1.27. The van der Waals surface area contributed by atoms with E-state index in [1.54, 1.807) is 6.07 Å². The third-order valence-corrected chi connectivity index (χ3v) is 7.40. The predicted molar refractivity (Wildman–Crippen MR) is 146 cm³/mol. The first-order valence-electron chi connectivity index (χ1n) is 12.8. The standard InChI is InChI=1S/C30H29N5O2/c1-35(2)28-23-10-5-6-13-25(23)33-30(34-28)32-19-16-14-18(15-17-19)31-29(37)24-12-7-11-21-20-8-3-4-9-22(20)27(36)26(21)24/h3-13,18-19H,14-17H2,1-2H3,(H,31,37)(H,32,33,34). The highest BCUT2D eigenvalue weighted by Gasteiger charge is 2.32. The highest BCUT2D eigenvalue weighted by Crippen LogP contribution is 2.38. The summed E-state index contributed by atoms with van der Waals surface area (Å²) < 4.78 is 0. The number of nitrogens with one attached hydrogen (secondary N) is 2. The van der Waals surface area contributed by atoms with Crippen molar-refractivity contribution in [1.82, 2.24) is 15.3 Å². The Morgan fingerprint density at radius 2 is 1.49 bits per heavy atom. The Morgan fingerprint density at radius 3 is 2.27 bits per heavy atom. The molecule has 0 atom stereocenters. The molecule has 0 spiro atoms. The van der Waals surface area contributed by atoms with Crippen LogP contribution < -0.4 is 15.5 Å². The van der Waals surface area contributed by atoms with Crippen LogP contribution in [0.25, 0.3) is 22.0 Å². The molecule has 2 aliphatic carbocycles. The number of amides is 1. The van der Waals surface area contributed by atoms with Gasteiger partial charge in [-0.3, -0.25) is 9.59 Å². The van der Waals surface area contributed by atoms with E-state index < -0.39 is 0 Å². The summed E-state index contributed by atoms with van der Waals surface area (Å²) in [4.78, 5) is 37.8. The Balaban J connectivity index is 1.12. The Kier molecular flexibility index (Phi) is 5.83. The largest absolute Gasteiger partial charge is 0.362 e. The van der Waals surface area contributed by atoms with E-state index in [1.165, 1.54) is 0 Å². The summed E-state index contributed by atoms with van der Waals surface area (Å²) in [5, 5.41) is 7.73. The maximum absolute atomic E-state index is 13.3. The molecular formula is C30H29N5O2. The van der Waals surface area contributed by atoms with Crippen LogP contribution in [0.5, 0.6) is 0 Å². The molecular weight excluding hydrogens is 462 g/mol. The molecule has 3 aromatic carbocycles. The van der Waals surface area contributed by atoms with Crippen LogP contribution in [0.15, 0.2) is 66.7 Å². The molecule has 4 aromatic rings. The number of carbonyl (C=O) groups is 2. The number of rotatable bonds is 5. The zero-order valence-corrected chi connectivity index (χ0v) is 21.0. The highest BCUT2D eigenvalue weighted by molar-refractivity contribution is 6.25. The Hall–Kier alpha value is -4.26. The molecule has 1 heterocycles. The van der Waals surface area contributed by atoms with Crippen LogP contribution in [0.4, 0.5) is 11.8 Å². The summed E-state index contributed by atoms with van der Waals surface area (Å²) in [7, 11) is 3.97. The molecule has 2 N–H and O–H groups in total. The molecule has 0 saturated heterocycles. The predicted octanol–water partition coefficient (Wildman–Crippen LogP) is 5.06. The highest BCUT2D eigenvalue weighted by atomic mass is 16.2. The van der Waals surface area contributed by atoms with E-state index in [9.17, 15) is 9.59 Å². The minimum absolute atomic E-state index is 0.0649. The van der Waals surface area contributed by atoms with Crippen molar-refractivity contribution in [2.45, 2.75) is 37.8 Å². The van der Waals surface area contributed by atoms with Gasteiger partial charge in [0.15, 0.2) is 5.78 Å². The van der Waals surface area contributed by atoms with Crippen molar-refractivity contribution in [2.75, 3.05) is 24.3 Å². The van der Waals surface area contributed by atoms with Crippen LogP contribution in [0.2, 0.25) is 0 Å². The Bertz CT molecular complexity index is 1520. The van der Waals surface area contributed by atoms with Gasteiger partial charge in [-0.2, -0.15) is 4.98 Å². The van der Waals surface area contributed by atoms with Gasteiger partial charge >= 0.3 is 0 Å². The first-order chi connectivity index (χ1) is 18.0. The average molecular weight is 492 g/mol. The van der Waals surface area contributed by atoms with E-state index in [0.717, 1.165) is 53.5 Å². The molecule has 37 heavy (non-hydrogen) atoms. The van der Waals surface area contributed by atoms with E-state index in [2.05, 4.69) is 10.6 Å².